The number of β-amino-alcohol motifs (C(OH)–C–C–N with tert-alkyl or cyclic N) is 1. The minimum atomic E-state index is -0.731. The standard InChI is InChI=1S/C12H23NO2S/c1-4-5-6-11(14)9-13-7-8-16(15)12(2,3)10-13/h4,11,14H,1,5-10H2,2-3H3. The molecule has 0 aromatic heterocycles. The molecule has 4 heteroatoms. The van der Waals surface area contributed by atoms with E-state index in [1.54, 1.807) is 0 Å². The number of aliphatic hydroxyl groups excluding tert-OH is 1. The van der Waals surface area contributed by atoms with Gasteiger partial charge in [0.05, 0.1) is 10.9 Å². The van der Waals surface area contributed by atoms with Crippen LogP contribution in [-0.2, 0) is 10.8 Å². The van der Waals surface area contributed by atoms with Gasteiger partial charge < -0.3 is 5.11 Å². The predicted octanol–water partition coefficient (Wildman–Crippen LogP) is 1.16. The first-order valence-corrected chi connectivity index (χ1v) is 7.17. The monoisotopic (exact) mass is 245 g/mol. The molecular weight excluding hydrogens is 222 g/mol. The molecule has 1 saturated heterocycles. The number of allylic oxidation sites excluding steroid dienone is 1. The minimum absolute atomic E-state index is 0.142. The van der Waals surface area contributed by atoms with E-state index < -0.39 is 10.8 Å². The third-order valence-corrected chi connectivity index (χ3v) is 4.90. The fourth-order valence-corrected chi connectivity index (χ4v) is 3.34. The summed E-state index contributed by atoms with van der Waals surface area (Å²) in [7, 11) is -0.731. The van der Waals surface area contributed by atoms with Crippen molar-refractivity contribution >= 4 is 10.8 Å². The summed E-state index contributed by atoms with van der Waals surface area (Å²) >= 11 is 0. The number of hydrogen-bond donors (Lipinski definition) is 1. The molecule has 0 saturated carbocycles. The van der Waals surface area contributed by atoms with E-state index in [0.717, 1.165) is 31.7 Å². The van der Waals surface area contributed by atoms with Gasteiger partial charge in [0, 0.05) is 36.2 Å². The van der Waals surface area contributed by atoms with E-state index in [1.807, 2.05) is 19.9 Å². The molecule has 0 amide bonds. The summed E-state index contributed by atoms with van der Waals surface area (Å²) in [6.45, 7) is 10.0. The van der Waals surface area contributed by atoms with Gasteiger partial charge in [-0.2, -0.15) is 0 Å². The molecule has 1 N–H and O–H groups in total. The Kier molecular flexibility index (Phi) is 5.15. The molecule has 0 spiro atoms. The molecule has 0 radical (unpaired) electrons. The Hall–Kier alpha value is -0.190. The molecule has 1 aliphatic heterocycles. The van der Waals surface area contributed by atoms with Crippen molar-refractivity contribution in [3.63, 3.8) is 0 Å². The molecule has 0 aliphatic carbocycles. The lowest BCUT2D eigenvalue weighted by Gasteiger charge is -2.38. The van der Waals surface area contributed by atoms with Crippen LogP contribution in [0.2, 0.25) is 0 Å². The highest BCUT2D eigenvalue weighted by atomic mass is 32.2. The second-order valence-corrected chi connectivity index (χ2v) is 7.27. The maximum absolute atomic E-state index is 11.7. The number of rotatable bonds is 5. The van der Waals surface area contributed by atoms with Crippen molar-refractivity contribution in [2.24, 2.45) is 0 Å². The second-order valence-electron chi connectivity index (χ2n) is 5.06. The molecule has 16 heavy (non-hydrogen) atoms. The van der Waals surface area contributed by atoms with Gasteiger partial charge in [0.15, 0.2) is 0 Å². The summed E-state index contributed by atoms with van der Waals surface area (Å²) in [6, 6.07) is 0. The molecule has 0 aromatic carbocycles. The van der Waals surface area contributed by atoms with Gasteiger partial charge in [-0.15, -0.1) is 6.58 Å². The van der Waals surface area contributed by atoms with Gasteiger partial charge in [0.2, 0.25) is 0 Å². The van der Waals surface area contributed by atoms with E-state index in [0.29, 0.717) is 6.54 Å². The maximum Gasteiger partial charge on any atom is 0.0670 e. The fourth-order valence-electron chi connectivity index (χ4n) is 2.03. The van der Waals surface area contributed by atoms with Crippen LogP contribution in [0.25, 0.3) is 0 Å². The number of aliphatic hydroxyl groups is 1. The summed E-state index contributed by atoms with van der Waals surface area (Å²) in [5.41, 5.74) is 0. The highest BCUT2D eigenvalue weighted by Crippen LogP contribution is 2.20. The van der Waals surface area contributed by atoms with Crippen molar-refractivity contribution in [2.45, 2.75) is 37.5 Å². The number of nitrogens with zero attached hydrogens (tertiary/aromatic N) is 1. The Bertz CT molecular complexity index is 266. The first-order chi connectivity index (χ1) is 7.45. The van der Waals surface area contributed by atoms with Crippen molar-refractivity contribution in [3.05, 3.63) is 12.7 Å². The van der Waals surface area contributed by atoms with Crippen LogP contribution >= 0.6 is 0 Å². The third-order valence-electron chi connectivity index (χ3n) is 2.99. The molecule has 1 heterocycles. The Balaban J connectivity index is 2.38. The van der Waals surface area contributed by atoms with Gasteiger partial charge in [0.25, 0.3) is 0 Å². The van der Waals surface area contributed by atoms with Crippen LogP contribution in [0.1, 0.15) is 26.7 Å². The first-order valence-electron chi connectivity index (χ1n) is 5.85. The Morgan fingerprint density at radius 3 is 2.88 bits per heavy atom. The average Bonchev–Trinajstić information content (AvgIpc) is 2.20. The van der Waals surface area contributed by atoms with Crippen LogP contribution in [0.5, 0.6) is 0 Å². The van der Waals surface area contributed by atoms with Crippen LogP contribution in [0.3, 0.4) is 0 Å². The van der Waals surface area contributed by atoms with E-state index in [9.17, 15) is 9.32 Å². The quantitative estimate of drug-likeness (QED) is 0.739. The van der Waals surface area contributed by atoms with Crippen molar-refractivity contribution in [2.75, 3.05) is 25.4 Å². The van der Waals surface area contributed by atoms with Crippen LogP contribution in [0, 0.1) is 0 Å². The van der Waals surface area contributed by atoms with Crippen molar-refractivity contribution < 1.29 is 9.32 Å². The van der Waals surface area contributed by atoms with Crippen LogP contribution in [-0.4, -0.2) is 50.5 Å². The highest BCUT2D eigenvalue weighted by Gasteiger charge is 2.33. The van der Waals surface area contributed by atoms with E-state index in [-0.39, 0.29) is 10.9 Å². The largest absolute Gasteiger partial charge is 0.392 e. The molecule has 0 aromatic rings. The van der Waals surface area contributed by atoms with Gasteiger partial charge in [-0.25, -0.2) is 0 Å². The van der Waals surface area contributed by atoms with Gasteiger partial charge in [-0.1, -0.05) is 6.08 Å². The summed E-state index contributed by atoms with van der Waals surface area (Å²) in [4.78, 5) is 2.22. The van der Waals surface area contributed by atoms with Crippen LogP contribution in [0.15, 0.2) is 12.7 Å². The summed E-state index contributed by atoms with van der Waals surface area (Å²) < 4.78 is 11.6. The predicted molar refractivity (Wildman–Crippen MR) is 69.0 cm³/mol. The number of hydrogen-bond acceptors (Lipinski definition) is 3. The molecule has 1 aliphatic rings. The van der Waals surface area contributed by atoms with E-state index in [1.165, 1.54) is 0 Å². The zero-order chi connectivity index (χ0) is 12.2. The van der Waals surface area contributed by atoms with Crippen LogP contribution < -0.4 is 0 Å². The molecule has 0 bridgehead atoms. The normalized spacial score (nSPS) is 27.6. The lowest BCUT2D eigenvalue weighted by molar-refractivity contribution is 0.103. The van der Waals surface area contributed by atoms with Crippen LogP contribution in [0.4, 0.5) is 0 Å². The minimum Gasteiger partial charge on any atom is -0.392 e. The molecule has 2 unspecified atom stereocenters. The molecule has 94 valence electrons. The smallest absolute Gasteiger partial charge is 0.0670 e. The van der Waals surface area contributed by atoms with Gasteiger partial charge in [0.1, 0.15) is 0 Å². The summed E-state index contributed by atoms with van der Waals surface area (Å²) in [5, 5.41) is 9.80. The van der Waals surface area contributed by atoms with E-state index in [4.69, 9.17) is 0 Å². The summed E-state index contributed by atoms with van der Waals surface area (Å²) in [6.07, 6.45) is 3.16. The lowest BCUT2D eigenvalue weighted by atomic mass is 10.1. The zero-order valence-corrected chi connectivity index (χ0v) is 11.1. The van der Waals surface area contributed by atoms with Crippen molar-refractivity contribution in [1.29, 1.82) is 0 Å². The van der Waals surface area contributed by atoms with Gasteiger partial charge >= 0.3 is 0 Å². The van der Waals surface area contributed by atoms with E-state index in [2.05, 4.69) is 11.5 Å². The highest BCUT2D eigenvalue weighted by molar-refractivity contribution is 7.86. The second kappa shape index (κ2) is 5.94. The molecule has 1 rings (SSSR count). The molecule has 3 nitrogen and oxygen atoms in total. The molecule has 1 fully saturated rings. The third kappa shape index (κ3) is 4.00. The zero-order valence-electron chi connectivity index (χ0n) is 10.3. The van der Waals surface area contributed by atoms with Gasteiger partial charge in [-0.05, 0) is 26.7 Å². The van der Waals surface area contributed by atoms with Gasteiger partial charge in [-0.3, -0.25) is 9.11 Å². The Morgan fingerprint density at radius 2 is 2.31 bits per heavy atom. The lowest BCUT2D eigenvalue weighted by Crippen LogP contribution is -2.51. The first kappa shape index (κ1) is 13.9. The Labute approximate surface area is 101 Å². The van der Waals surface area contributed by atoms with Crippen molar-refractivity contribution in [1.82, 2.24) is 4.90 Å². The summed E-state index contributed by atoms with van der Waals surface area (Å²) in [5.74, 6) is 0.723. The van der Waals surface area contributed by atoms with E-state index >= 15 is 0 Å². The fraction of sp³-hybridized carbons (Fsp3) is 0.833. The topological polar surface area (TPSA) is 40.5 Å². The average molecular weight is 245 g/mol. The SMILES string of the molecule is C=CCCC(O)CN1CCS(=O)C(C)(C)C1. The Morgan fingerprint density at radius 1 is 1.62 bits per heavy atom. The molecular formula is C12H23NO2S. The molecule has 2 atom stereocenters. The maximum atomic E-state index is 11.7. The van der Waals surface area contributed by atoms with Crippen molar-refractivity contribution in [3.8, 4) is 0 Å².